The number of esters is 1. The fourth-order valence-electron chi connectivity index (χ4n) is 2.65. The van der Waals surface area contributed by atoms with E-state index in [2.05, 4.69) is 0 Å². The van der Waals surface area contributed by atoms with Crippen LogP contribution in [0.4, 0.5) is 16.2 Å². The van der Waals surface area contributed by atoms with Gasteiger partial charge >= 0.3 is 12.1 Å². The van der Waals surface area contributed by atoms with E-state index in [0.29, 0.717) is 24.4 Å². The Labute approximate surface area is 173 Å². The Bertz CT molecular complexity index is 821. The van der Waals surface area contributed by atoms with Gasteiger partial charge in [0, 0.05) is 25.5 Å². The van der Waals surface area contributed by atoms with Crippen LogP contribution in [-0.4, -0.2) is 38.4 Å². The average molecular weight is 399 g/mol. The Kier molecular flexibility index (Phi) is 7.26. The molecule has 0 bridgehead atoms. The standard InChI is InChI=1S/C23H30N2O4/c1-7-28-21(26)18-10-14-20(15-11-18)25(22(27)29-23(2,3)4)16-17-8-12-19(13-9-17)24(5)6/h8-15H,7,16H2,1-6H3. The van der Waals surface area contributed by atoms with Crippen molar-refractivity contribution in [3.63, 3.8) is 0 Å². The maximum Gasteiger partial charge on any atom is 0.415 e. The van der Waals surface area contributed by atoms with E-state index in [4.69, 9.17) is 9.47 Å². The first-order valence-electron chi connectivity index (χ1n) is 9.64. The summed E-state index contributed by atoms with van der Waals surface area (Å²) in [7, 11) is 3.96. The van der Waals surface area contributed by atoms with Gasteiger partial charge in [0.2, 0.25) is 0 Å². The maximum absolute atomic E-state index is 12.9. The highest BCUT2D eigenvalue weighted by molar-refractivity contribution is 5.92. The van der Waals surface area contributed by atoms with Crippen molar-refractivity contribution in [2.24, 2.45) is 0 Å². The molecule has 0 aliphatic heterocycles. The summed E-state index contributed by atoms with van der Waals surface area (Å²) in [4.78, 5) is 28.3. The van der Waals surface area contributed by atoms with E-state index >= 15 is 0 Å². The second kappa shape index (κ2) is 9.45. The molecule has 6 nitrogen and oxygen atoms in total. The van der Waals surface area contributed by atoms with Gasteiger partial charge in [0.05, 0.1) is 18.7 Å². The van der Waals surface area contributed by atoms with Gasteiger partial charge in [-0.1, -0.05) is 12.1 Å². The third kappa shape index (κ3) is 6.52. The van der Waals surface area contributed by atoms with Crippen molar-refractivity contribution < 1.29 is 19.1 Å². The molecule has 156 valence electrons. The summed E-state index contributed by atoms with van der Waals surface area (Å²) < 4.78 is 10.6. The van der Waals surface area contributed by atoms with Crippen LogP contribution >= 0.6 is 0 Å². The van der Waals surface area contributed by atoms with E-state index in [1.54, 1.807) is 36.1 Å². The second-order valence-corrected chi connectivity index (χ2v) is 7.89. The number of carbonyl (C=O) groups excluding carboxylic acids is 2. The van der Waals surface area contributed by atoms with Crippen molar-refractivity contribution in [2.75, 3.05) is 30.5 Å². The van der Waals surface area contributed by atoms with Gasteiger partial charge in [-0.2, -0.15) is 0 Å². The molecule has 0 atom stereocenters. The minimum Gasteiger partial charge on any atom is -0.462 e. The third-order valence-corrected chi connectivity index (χ3v) is 4.10. The van der Waals surface area contributed by atoms with E-state index in [-0.39, 0.29) is 5.97 Å². The molecular weight excluding hydrogens is 368 g/mol. The molecular formula is C23H30N2O4. The Hall–Kier alpha value is -3.02. The predicted octanol–water partition coefficient (Wildman–Crippen LogP) is 4.87. The fraction of sp³-hybridized carbons (Fsp3) is 0.391. The van der Waals surface area contributed by atoms with Crippen LogP contribution in [0.1, 0.15) is 43.6 Å². The smallest absolute Gasteiger partial charge is 0.415 e. The summed E-state index contributed by atoms with van der Waals surface area (Å²) in [6.07, 6.45) is -0.446. The molecule has 1 amide bonds. The number of carbonyl (C=O) groups is 2. The normalized spacial score (nSPS) is 11.0. The van der Waals surface area contributed by atoms with Crippen molar-refractivity contribution in [1.82, 2.24) is 0 Å². The lowest BCUT2D eigenvalue weighted by atomic mass is 10.1. The number of hydrogen-bond donors (Lipinski definition) is 0. The summed E-state index contributed by atoms with van der Waals surface area (Å²) in [5.41, 5.74) is 2.51. The van der Waals surface area contributed by atoms with Crippen LogP contribution in [-0.2, 0) is 16.0 Å². The summed E-state index contributed by atoms with van der Waals surface area (Å²) in [6, 6.07) is 14.7. The first-order chi connectivity index (χ1) is 13.6. The molecule has 0 aromatic heterocycles. The van der Waals surface area contributed by atoms with Crippen LogP contribution in [0.5, 0.6) is 0 Å². The number of benzene rings is 2. The molecule has 0 fully saturated rings. The Morgan fingerprint density at radius 3 is 1.93 bits per heavy atom. The highest BCUT2D eigenvalue weighted by atomic mass is 16.6. The molecule has 0 aliphatic carbocycles. The minimum atomic E-state index is -0.616. The van der Waals surface area contributed by atoms with E-state index in [9.17, 15) is 9.59 Å². The van der Waals surface area contributed by atoms with Gasteiger partial charge < -0.3 is 14.4 Å². The van der Waals surface area contributed by atoms with Crippen molar-refractivity contribution in [1.29, 1.82) is 0 Å². The Morgan fingerprint density at radius 2 is 1.45 bits per heavy atom. The molecule has 0 saturated carbocycles. The van der Waals surface area contributed by atoms with Gasteiger partial charge in [-0.15, -0.1) is 0 Å². The van der Waals surface area contributed by atoms with Gasteiger partial charge in [0.1, 0.15) is 5.60 Å². The topological polar surface area (TPSA) is 59.1 Å². The minimum absolute atomic E-state index is 0.313. The van der Waals surface area contributed by atoms with E-state index in [1.165, 1.54) is 0 Å². The van der Waals surface area contributed by atoms with Crippen LogP contribution in [0.2, 0.25) is 0 Å². The zero-order chi connectivity index (χ0) is 21.6. The lowest BCUT2D eigenvalue weighted by Gasteiger charge is -2.28. The quantitative estimate of drug-likeness (QED) is 0.650. The monoisotopic (exact) mass is 398 g/mol. The maximum atomic E-state index is 12.9. The molecule has 0 aliphatic rings. The number of hydrogen-bond acceptors (Lipinski definition) is 5. The lowest BCUT2D eigenvalue weighted by Crippen LogP contribution is -2.36. The molecule has 0 heterocycles. The molecule has 0 unspecified atom stereocenters. The van der Waals surface area contributed by atoms with Gasteiger partial charge in [-0.05, 0) is 69.7 Å². The van der Waals surface area contributed by atoms with Gasteiger partial charge in [-0.3, -0.25) is 4.90 Å². The molecule has 2 aromatic rings. The van der Waals surface area contributed by atoms with E-state index in [0.717, 1.165) is 11.3 Å². The van der Waals surface area contributed by atoms with Crippen molar-refractivity contribution in [3.05, 3.63) is 59.7 Å². The SMILES string of the molecule is CCOC(=O)c1ccc(N(Cc2ccc(N(C)C)cc2)C(=O)OC(C)(C)C)cc1. The number of nitrogens with zero attached hydrogens (tertiary/aromatic N) is 2. The van der Waals surface area contributed by atoms with Crippen molar-refractivity contribution >= 4 is 23.4 Å². The zero-order valence-corrected chi connectivity index (χ0v) is 18.1. The molecule has 6 heteroatoms. The van der Waals surface area contributed by atoms with E-state index < -0.39 is 11.7 Å². The number of ether oxygens (including phenoxy) is 2. The molecule has 0 spiro atoms. The molecule has 2 aromatic carbocycles. The Morgan fingerprint density at radius 1 is 0.897 bits per heavy atom. The van der Waals surface area contributed by atoms with Crippen molar-refractivity contribution in [3.8, 4) is 0 Å². The number of amides is 1. The summed E-state index contributed by atoms with van der Waals surface area (Å²) in [5, 5.41) is 0. The van der Waals surface area contributed by atoms with Crippen LogP contribution in [0.15, 0.2) is 48.5 Å². The van der Waals surface area contributed by atoms with Gasteiger partial charge in [0.25, 0.3) is 0 Å². The second-order valence-electron chi connectivity index (χ2n) is 7.89. The lowest BCUT2D eigenvalue weighted by molar-refractivity contribution is 0.0525. The summed E-state index contributed by atoms with van der Waals surface area (Å²) >= 11 is 0. The van der Waals surface area contributed by atoms with E-state index in [1.807, 2.05) is 64.0 Å². The zero-order valence-electron chi connectivity index (χ0n) is 18.1. The highest BCUT2D eigenvalue weighted by Gasteiger charge is 2.24. The highest BCUT2D eigenvalue weighted by Crippen LogP contribution is 2.23. The first kappa shape index (κ1) is 22.3. The van der Waals surface area contributed by atoms with Crippen LogP contribution < -0.4 is 9.80 Å². The molecule has 0 saturated heterocycles. The predicted molar refractivity (Wildman–Crippen MR) is 116 cm³/mol. The van der Waals surface area contributed by atoms with Crippen LogP contribution in [0, 0.1) is 0 Å². The third-order valence-electron chi connectivity index (χ3n) is 4.10. The number of rotatable bonds is 6. The number of anilines is 2. The molecule has 29 heavy (non-hydrogen) atoms. The molecule has 0 radical (unpaired) electrons. The summed E-state index contributed by atoms with van der Waals surface area (Å²) in [5.74, 6) is -0.387. The van der Waals surface area contributed by atoms with Crippen molar-refractivity contribution in [2.45, 2.75) is 39.8 Å². The van der Waals surface area contributed by atoms with Gasteiger partial charge in [-0.25, -0.2) is 9.59 Å². The Balaban J connectivity index is 2.29. The van der Waals surface area contributed by atoms with Gasteiger partial charge in [0.15, 0.2) is 0 Å². The average Bonchev–Trinajstić information content (AvgIpc) is 2.65. The summed E-state index contributed by atoms with van der Waals surface area (Å²) in [6.45, 7) is 7.92. The molecule has 0 N–H and O–H groups in total. The van der Waals surface area contributed by atoms with Crippen LogP contribution in [0.25, 0.3) is 0 Å². The first-order valence-corrected chi connectivity index (χ1v) is 9.64. The fourth-order valence-corrected chi connectivity index (χ4v) is 2.65. The largest absolute Gasteiger partial charge is 0.462 e. The van der Waals surface area contributed by atoms with Crippen LogP contribution in [0.3, 0.4) is 0 Å². The molecule has 2 rings (SSSR count).